The zero-order chi connectivity index (χ0) is 20.3. The summed E-state index contributed by atoms with van der Waals surface area (Å²) in [5, 5.41) is 1.17. The number of rotatable bonds is 1. The second-order valence-corrected chi connectivity index (χ2v) is 7.35. The maximum Gasteiger partial charge on any atom is 0.336 e. The molecule has 0 radical (unpaired) electrons. The van der Waals surface area contributed by atoms with Gasteiger partial charge in [0.1, 0.15) is 16.9 Å². The van der Waals surface area contributed by atoms with Gasteiger partial charge in [0, 0.05) is 28.5 Å². The quantitative estimate of drug-likeness (QED) is 0.279. The maximum absolute atomic E-state index is 13.3. The van der Waals surface area contributed by atoms with Gasteiger partial charge in [-0.15, -0.1) is 0 Å². The first-order valence-corrected chi connectivity index (χ1v) is 9.22. The molecule has 0 saturated carbocycles. The van der Waals surface area contributed by atoms with E-state index in [0.717, 1.165) is 16.5 Å². The molecule has 144 valence electrons. The van der Waals surface area contributed by atoms with Crippen molar-refractivity contribution >= 4 is 27.9 Å². The second kappa shape index (κ2) is 6.17. The Morgan fingerprint density at radius 1 is 0.966 bits per heavy atom. The highest BCUT2D eigenvalue weighted by Crippen LogP contribution is 2.42. The maximum atomic E-state index is 13.3. The Balaban J connectivity index is 1.85. The molecule has 0 unspecified atom stereocenters. The number of aryl methyl sites for hydroxylation is 2. The van der Waals surface area contributed by atoms with E-state index in [4.69, 9.17) is 13.6 Å². The van der Waals surface area contributed by atoms with E-state index in [2.05, 4.69) is 0 Å². The summed E-state index contributed by atoms with van der Waals surface area (Å²) in [6.07, 6.45) is 1.34. The number of fused-ring (bicyclic) bond motifs is 4. The molecule has 5 rings (SSSR count). The van der Waals surface area contributed by atoms with Gasteiger partial charge in [-0.25, -0.2) is 4.79 Å². The zero-order valence-corrected chi connectivity index (χ0v) is 15.8. The Morgan fingerprint density at radius 2 is 1.79 bits per heavy atom. The molecule has 0 spiro atoms. The van der Waals surface area contributed by atoms with Gasteiger partial charge in [-0.1, -0.05) is 11.6 Å². The minimum Gasteiger partial charge on any atom is -0.464 e. The molecule has 0 N–H and O–H groups in total. The highest BCUT2D eigenvalue weighted by molar-refractivity contribution is 5.90. The molecule has 0 aliphatic carbocycles. The first-order valence-electron chi connectivity index (χ1n) is 9.22. The summed E-state index contributed by atoms with van der Waals surface area (Å²) >= 11 is 0. The molecular weight excluding hydrogens is 372 g/mol. The lowest BCUT2D eigenvalue weighted by Gasteiger charge is -2.25. The van der Waals surface area contributed by atoms with Gasteiger partial charge in [0.05, 0.1) is 18.1 Å². The molecule has 6 heteroatoms. The molecule has 2 aromatic heterocycles. The van der Waals surface area contributed by atoms with Crippen LogP contribution < -0.4 is 15.8 Å². The fourth-order valence-corrected chi connectivity index (χ4v) is 4.00. The number of carbonyl (C=O) groups excluding carboxylic acids is 1. The largest absolute Gasteiger partial charge is 0.464 e. The van der Waals surface area contributed by atoms with Crippen LogP contribution in [-0.4, -0.2) is 5.97 Å². The van der Waals surface area contributed by atoms with Gasteiger partial charge in [-0.05, 0) is 43.7 Å². The Morgan fingerprint density at radius 3 is 2.62 bits per heavy atom. The van der Waals surface area contributed by atoms with E-state index in [9.17, 15) is 14.4 Å². The van der Waals surface area contributed by atoms with Crippen LogP contribution in [0.1, 0.15) is 34.6 Å². The number of benzene rings is 2. The highest BCUT2D eigenvalue weighted by Gasteiger charge is 2.34. The first kappa shape index (κ1) is 17.4. The SMILES string of the molecule is Cc1ccc2occ([C@@H]3CC(=O)Oc4ccc5c(C)cc(=O)oc5c43)c(=O)c2c1. The molecule has 6 nitrogen and oxygen atoms in total. The van der Waals surface area contributed by atoms with Crippen molar-refractivity contribution < 1.29 is 18.4 Å². The predicted molar refractivity (Wildman–Crippen MR) is 107 cm³/mol. The minimum atomic E-state index is -0.638. The van der Waals surface area contributed by atoms with Crippen molar-refractivity contribution in [2.45, 2.75) is 26.2 Å². The summed E-state index contributed by atoms with van der Waals surface area (Å²) in [7, 11) is 0. The number of ether oxygens (including phenoxy) is 1. The third-order valence-corrected chi connectivity index (χ3v) is 5.39. The fourth-order valence-electron chi connectivity index (χ4n) is 4.00. The number of hydrogen-bond acceptors (Lipinski definition) is 6. The molecule has 4 aromatic rings. The van der Waals surface area contributed by atoms with Crippen LogP contribution in [0.4, 0.5) is 0 Å². The minimum absolute atomic E-state index is 0.0498. The Labute approximate surface area is 164 Å². The van der Waals surface area contributed by atoms with E-state index in [1.54, 1.807) is 24.3 Å². The van der Waals surface area contributed by atoms with Crippen LogP contribution in [0.5, 0.6) is 5.75 Å². The third kappa shape index (κ3) is 2.68. The lowest BCUT2D eigenvalue weighted by Crippen LogP contribution is -2.25. The van der Waals surface area contributed by atoms with Gasteiger partial charge in [0.25, 0.3) is 0 Å². The van der Waals surface area contributed by atoms with Crippen molar-refractivity contribution in [1.82, 2.24) is 0 Å². The van der Waals surface area contributed by atoms with Crippen molar-refractivity contribution in [3.05, 3.63) is 85.6 Å². The van der Waals surface area contributed by atoms with E-state index in [1.807, 2.05) is 19.9 Å². The Hall–Kier alpha value is -3.67. The molecule has 0 amide bonds. The summed E-state index contributed by atoms with van der Waals surface area (Å²) in [4.78, 5) is 37.5. The van der Waals surface area contributed by atoms with Crippen LogP contribution in [0.15, 0.2) is 61.1 Å². The third-order valence-electron chi connectivity index (χ3n) is 5.39. The molecule has 29 heavy (non-hydrogen) atoms. The van der Waals surface area contributed by atoms with Crippen LogP contribution in [0.2, 0.25) is 0 Å². The topological polar surface area (TPSA) is 86.7 Å². The summed E-state index contributed by atoms with van der Waals surface area (Å²) < 4.78 is 16.6. The van der Waals surface area contributed by atoms with Crippen LogP contribution in [0.3, 0.4) is 0 Å². The van der Waals surface area contributed by atoms with E-state index < -0.39 is 17.5 Å². The Bertz CT molecular complexity index is 1440. The number of carbonyl (C=O) groups is 1. The molecule has 3 heterocycles. The van der Waals surface area contributed by atoms with E-state index in [1.165, 1.54) is 12.3 Å². The lowest BCUT2D eigenvalue weighted by molar-refractivity contribution is -0.135. The van der Waals surface area contributed by atoms with E-state index in [-0.39, 0.29) is 17.6 Å². The smallest absolute Gasteiger partial charge is 0.336 e. The van der Waals surface area contributed by atoms with Gasteiger partial charge in [0.2, 0.25) is 0 Å². The van der Waals surface area contributed by atoms with Crippen LogP contribution in [0.25, 0.3) is 21.9 Å². The molecular formula is C23H16O6. The average Bonchev–Trinajstić information content (AvgIpc) is 2.67. The van der Waals surface area contributed by atoms with Crippen LogP contribution in [0, 0.1) is 13.8 Å². The summed E-state index contributed by atoms with van der Waals surface area (Å²) in [6, 6.07) is 10.2. The molecule has 0 fully saturated rings. The number of hydrogen-bond donors (Lipinski definition) is 0. The van der Waals surface area contributed by atoms with E-state index >= 15 is 0 Å². The summed E-state index contributed by atoms with van der Waals surface area (Å²) in [5.41, 5.74) is 2.61. The predicted octanol–water partition coefficient (Wildman–Crippen LogP) is 3.96. The van der Waals surface area contributed by atoms with Gasteiger partial charge < -0.3 is 13.6 Å². The average molecular weight is 388 g/mol. The lowest BCUT2D eigenvalue weighted by atomic mass is 9.85. The first-order chi connectivity index (χ1) is 13.9. The van der Waals surface area contributed by atoms with E-state index in [0.29, 0.717) is 27.7 Å². The van der Waals surface area contributed by atoms with Gasteiger partial charge in [0.15, 0.2) is 5.43 Å². The van der Waals surface area contributed by atoms with Crippen molar-refractivity contribution in [2.75, 3.05) is 0 Å². The van der Waals surface area contributed by atoms with Crippen molar-refractivity contribution in [2.24, 2.45) is 0 Å². The monoisotopic (exact) mass is 388 g/mol. The molecule has 2 aromatic carbocycles. The van der Waals surface area contributed by atoms with Crippen molar-refractivity contribution in [3.63, 3.8) is 0 Å². The Kier molecular flexibility index (Phi) is 3.71. The standard InChI is InChI=1S/C23H16O6/c1-11-3-5-17-15(7-11)22(26)16(10-27-17)14-9-20(25)28-18-6-4-13-12(2)8-19(24)29-23(13)21(14)18/h3-8,10,14H,9H2,1-2H3/t14-/m0/s1. The van der Waals surface area contributed by atoms with Crippen LogP contribution >= 0.6 is 0 Å². The van der Waals surface area contributed by atoms with Crippen LogP contribution in [-0.2, 0) is 4.79 Å². The highest BCUT2D eigenvalue weighted by atomic mass is 16.5. The molecule has 1 aliphatic heterocycles. The van der Waals surface area contributed by atoms with Gasteiger partial charge in [-0.2, -0.15) is 0 Å². The van der Waals surface area contributed by atoms with Gasteiger partial charge in [-0.3, -0.25) is 9.59 Å². The number of esters is 1. The normalized spacial score (nSPS) is 16.1. The van der Waals surface area contributed by atoms with Crippen molar-refractivity contribution in [1.29, 1.82) is 0 Å². The summed E-state index contributed by atoms with van der Waals surface area (Å²) in [6.45, 7) is 3.70. The second-order valence-electron chi connectivity index (χ2n) is 7.35. The molecule has 0 bridgehead atoms. The molecule has 1 atom stereocenters. The van der Waals surface area contributed by atoms with Gasteiger partial charge >= 0.3 is 11.6 Å². The molecule has 0 saturated heterocycles. The summed E-state index contributed by atoms with van der Waals surface area (Å²) in [5.74, 6) is -0.808. The fraction of sp³-hybridized carbons (Fsp3) is 0.174. The zero-order valence-electron chi connectivity index (χ0n) is 15.8. The van der Waals surface area contributed by atoms with Crippen molar-refractivity contribution in [3.8, 4) is 5.75 Å². The molecule has 1 aliphatic rings.